The number of rotatable bonds is 7. The molecule has 1 fully saturated rings. The summed E-state index contributed by atoms with van der Waals surface area (Å²) in [7, 11) is -3.30. The van der Waals surface area contributed by atoms with E-state index in [0.717, 1.165) is 37.3 Å². The number of amides is 1. The van der Waals surface area contributed by atoms with Crippen molar-refractivity contribution in [2.45, 2.75) is 44.6 Å². The van der Waals surface area contributed by atoms with Gasteiger partial charge in [0.15, 0.2) is 21.3 Å². The van der Waals surface area contributed by atoms with Gasteiger partial charge in [-0.3, -0.25) is 4.79 Å². The van der Waals surface area contributed by atoms with E-state index in [4.69, 9.17) is 4.74 Å². The topological polar surface area (TPSA) is 118 Å². The Labute approximate surface area is 175 Å². The SMILES string of the molecule is CC(/C=C/S(C)(=O)=O)NC(=O)c1cnc(C2CCCC2)nc1Oc1ccccc1O. The minimum Gasteiger partial charge on any atom is -0.504 e. The van der Waals surface area contributed by atoms with Crippen molar-refractivity contribution in [3.05, 3.63) is 53.3 Å². The van der Waals surface area contributed by atoms with Crippen LogP contribution in [0.1, 0.15) is 54.7 Å². The van der Waals surface area contributed by atoms with Crippen LogP contribution in [0.15, 0.2) is 41.9 Å². The molecule has 1 heterocycles. The van der Waals surface area contributed by atoms with Gasteiger partial charge in [0.1, 0.15) is 11.4 Å². The molecule has 0 radical (unpaired) electrons. The lowest BCUT2D eigenvalue weighted by Crippen LogP contribution is -2.31. The highest BCUT2D eigenvalue weighted by Gasteiger charge is 2.24. The summed E-state index contributed by atoms with van der Waals surface area (Å²) >= 11 is 0. The molecule has 0 saturated heterocycles. The van der Waals surface area contributed by atoms with Crippen molar-refractivity contribution in [1.29, 1.82) is 0 Å². The van der Waals surface area contributed by atoms with Gasteiger partial charge in [-0.1, -0.05) is 31.1 Å². The first kappa shape index (κ1) is 21.8. The molecule has 30 heavy (non-hydrogen) atoms. The lowest BCUT2D eigenvalue weighted by Gasteiger charge is -2.15. The Hall–Kier alpha value is -2.94. The summed E-state index contributed by atoms with van der Waals surface area (Å²) in [6.45, 7) is 1.65. The molecular weight excluding hydrogens is 406 g/mol. The number of aromatic nitrogens is 2. The molecule has 1 aromatic carbocycles. The number of hydrogen-bond acceptors (Lipinski definition) is 7. The van der Waals surface area contributed by atoms with Gasteiger partial charge in [0, 0.05) is 29.8 Å². The van der Waals surface area contributed by atoms with E-state index in [1.54, 1.807) is 25.1 Å². The van der Waals surface area contributed by atoms with Crippen LogP contribution in [-0.4, -0.2) is 41.7 Å². The molecule has 1 amide bonds. The second kappa shape index (κ2) is 9.25. The molecule has 1 unspecified atom stereocenters. The number of aromatic hydroxyl groups is 1. The van der Waals surface area contributed by atoms with Crippen LogP contribution in [0.25, 0.3) is 0 Å². The average molecular weight is 432 g/mol. The van der Waals surface area contributed by atoms with Gasteiger partial charge in [-0.25, -0.2) is 13.4 Å². The number of phenols is 1. The van der Waals surface area contributed by atoms with Crippen LogP contribution in [0, 0.1) is 0 Å². The first-order valence-electron chi connectivity index (χ1n) is 9.75. The summed E-state index contributed by atoms with van der Waals surface area (Å²) in [5.74, 6) is 0.459. The molecule has 160 valence electrons. The number of nitrogens with one attached hydrogen (secondary N) is 1. The van der Waals surface area contributed by atoms with Gasteiger partial charge in [-0.05, 0) is 31.9 Å². The van der Waals surface area contributed by atoms with Crippen molar-refractivity contribution in [3.63, 3.8) is 0 Å². The predicted octanol–water partition coefficient (Wildman–Crippen LogP) is 3.31. The fourth-order valence-electron chi connectivity index (χ4n) is 3.23. The number of phenolic OH excluding ortho intramolecular Hbond substituents is 1. The normalized spacial score (nSPS) is 15.9. The minimum absolute atomic E-state index is 0.0465. The summed E-state index contributed by atoms with van der Waals surface area (Å²) in [4.78, 5) is 21.6. The lowest BCUT2D eigenvalue weighted by atomic mass is 10.1. The Morgan fingerprint density at radius 2 is 2.00 bits per heavy atom. The molecule has 3 rings (SSSR count). The number of nitrogens with zero attached hydrogens (tertiary/aromatic N) is 2. The third kappa shape index (κ3) is 5.79. The molecule has 0 spiro atoms. The first-order chi connectivity index (χ1) is 14.2. The number of sulfone groups is 1. The third-order valence-electron chi connectivity index (χ3n) is 4.78. The second-order valence-corrected chi connectivity index (χ2v) is 9.35. The standard InChI is InChI=1S/C21H25N3O5S/c1-14(11-12-30(2,27)28)23-20(26)16-13-22-19(15-7-3-4-8-15)24-21(16)29-18-10-6-5-9-17(18)25/h5-6,9-15,25H,3-4,7-8H2,1-2H3,(H,23,26)/b12-11+. The Bertz CT molecular complexity index is 1050. The number of benzene rings is 1. The second-order valence-electron chi connectivity index (χ2n) is 7.42. The van der Waals surface area contributed by atoms with Gasteiger partial charge in [0.25, 0.3) is 5.91 Å². The van der Waals surface area contributed by atoms with Gasteiger partial charge in [-0.2, -0.15) is 4.98 Å². The third-order valence-corrected chi connectivity index (χ3v) is 5.43. The van der Waals surface area contributed by atoms with E-state index < -0.39 is 21.8 Å². The number of carbonyl (C=O) groups is 1. The molecule has 2 N–H and O–H groups in total. The van der Waals surface area contributed by atoms with Gasteiger partial charge in [0.2, 0.25) is 5.88 Å². The summed E-state index contributed by atoms with van der Waals surface area (Å²) in [6.07, 6.45) is 8.05. The number of hydrogen-bond donors (Lipinski definition) is 2. The number of carbonyl (C=O) groups excluding carboxylic acids is 1. The maximum Gasteiger partial charge on any atom is 0.258 e. The van der Waals surface area contributed by atoms with Crippen LogP contribution < -0.4 is 10.1 Å². The largest absolute Gasteiger partial charge is 0.504 e. The molecule has 8 nitrogen and oxygen atoms in total. The molecule has 1 aromatic heterocycles. The van der Waals surface area contributed by atoms with Gasteiger partial charge in [-0.15, -0.1) is 0 Å². The summed E-state index contributed by atoms with van der Waals surface area (Å²) in [6, 6.07) is 5.87. The van der Waals surface area contributed by atoms with E-state index in [0.29, 0.717) is 5.82 Å². The van der Waals surface area contributed by atoms with Crippen molar-refractivity contribution in [1.82, 2.24) is 15.3 Å². The van der Waals surface area contributed by atoms with E-state index in [1.807, 2.05) is 0 Å². The molecule has 1 aliphatic carbocycles. The van der Waals surface area contributed by atoms with E-state index >= 15 is 0 Å². The molecule has 2 aromatic rings. The van der Waals surface area contributed by atoms with Crippen LogP contribution in [0.2, 0.25) is 0 Å². The molecule has 0 bridgehead atoms. The zero-order chi connectivity index (χ0) is 21.7. The highest BCUT2D eigenvalue weighted by atomic mass is 32.2. The molecular formula is C21H25N3O5S. The zero-order valence-electron chi connectivity index (χ0n) is 16.9. The predicted molar refractivity (Wildman–Crippen MR) is 112 cm³/mol. The van der Waals surface area contributed by atoms with Gasteiger partial charge >= 0.3 is 0 Å². The minimum atomic E-state index is -3.30. The number of ether oxygens (including phenoxy) is 1. The molecule has 9 heteroatoms. The Kier molecular flexibility index (Phi) is 6.71. The Morgan fingerprint density at radius 3 is 2.67 bits per heavy atom. The van der Waals surface area contributed by atoms with E-state index in [9.17, 15) is 18.3 Å². The highest BCUT2D eigenvalue weighted by molar-refractivity contribution is 7.93. The van der Waals surface area contributed by atoms with Crippen LogP contribution >= 0.6 is 0 Å². The summed E-state index contributed by atoms with van der Waals surface area (Å²) < 4.78 is 28.3. The maximum absolute atomic E-state index is 12.8. The summed E-state index contributed by atoms with van der Waals surface area (Å²) in [5.41, 5.74) is 0.0969. The highest BCUT2D eigenvalue weighted by Crippen LogP contribution is 2.35. The van der Waals surface area contributed by atoms with E-state index in [1.165, 1.54) is 18.3 Å². The van der Waals surface area contributed by atoms with Gasteiger partial charge < -0.3 is 15.2 Å². The molecule has 1 aliphatic rings. The zero-order valence-corrected chi connectivity index (χ0v) is 17.7. The average Bonchev–Trinajstić information content (AvgIpc) is 3.22. The van der Waals surface area contributed by atoms with Crippen LogP contribution in [0.4, 0.5) is 0 Å². The number of para-hydroxylation sites is 2. The summed E-state index contributed by atoms with van der Waals surface area (Å²) in [5, 5.41) is 13.8. The monoisotopic (exact) mass is 431 g/mol. The fraction of sp³-hybridized carbons (Fsp3) is 0.381. The lowest BCUT2D eigenvalue weighted by molar-refractivity contribution is 0.0943. The fourth-order valence-corrected chi connectivity index (χ4v) is 3.76. The quantitative estimate of drug-likeness (QED) is 0.690. The van der Waals surface area contributed by atoms with Gasteiger partial charge in [0.05, 0.1) is 0 Å². The molecule has 0 aliphatic heterocycles. The van der Waals surface area contributed by atoms with Crippen molar-refractivity contribution >= 4 is 15.7 Å². The van der Waals surface area contributed by atoms with Crippen molar-refractivity contribution in [2.24, 2.45) is 0 Å². The first-order valence-corrected chi connectivity index (χ1v) is 11.7. The van der Waals surface area contributed by atoms with E-state index in [-0.39, 0.29) is 28.9 Å². The smallest absolute Gasteiger partial charge is 0.258 e. The van der Waals surface area contributed by atoms with E-state index in [2.05, 4.69) is 15.3 Å². The Morgan fingerprint density at radius 1 is 1.30 bits per heavy atom. The van der Waals surface area contributed by atoms with Crippen LogP contribution in [-0.2, 0) is 9.84 Å². The van der Waals surface area contributed by atoms with Crippen LogP contribution in [0.5, 0.6) is 17.4 Å². The Balaban J connectivity index is 1.89. The van der Waals surface area contributed by atoms with Crippen molar-refractivity contribution < 1.29 is 23.1 Å². The van der Waals surface area contributed by atoms with Crippen molar-refractivity contribution in [2.75, 3.05) is 6.26 Å². The molecule has 1 atom stereocenters. The molecule has 1 saturated carbocycles. The van der Waals surface area contributed by atoms with Crippen LogP contribution in [0.3, 0.4) is 0 Å². The van der Waals surface area contributed by atoms with Crippen molar-refractivity contribution in [3.8, 4) is 17.4 Å². The maximum atomic E-state index is 12.8.